The van der Waals surface area contributed by atoms with Crippen molar-refractivity contribution in [2.75, 3.05) is 20.6 Å². The van der Waals surface area contributed by atoms with Gasteiger partial charge >= 0.3 is 8.96 Å². The van der Waals surface area contributed by atoms with Gasteiger partial charge in [0.25, 0.3) is 0 Å². The number of rotatable bonds is 22. The van der Waals surface area contributed by atoms with Gasteiger partial charge in [-0.05, 0) is 36.8 Å². The molecule has 0 aliphatic heterocycles. The Balaban J connectivity index is 3.59. The molecule has 0 saturated carbocycles. The predicted molar refractivity (Wildman–Crippen MR) is 142 cm³/mol. The molecule has 2 heteroatoms. The standard InChI is InChI=1S/C28H61NSi/c1-8-9-10-11-12-13-14-15-16-17-18-19-20-21-22-23-24-29(6,7)30(25-27(2)3)26-28(4)5/h27-28H,8-26H2,1-7H3/q+1. The molecule has 0 heterocycles. The van der Waals surface area contributed by atoms with E-state index in [1.165, 1.54) is 126 Å². The molecule has 1 nitrogen and oxygen atoms in total. The highest BCUT2D eigenvalue weighted by Crippen LogP contribution is 2.22. The van der Waals surface area contributed by atoms with Crippen LogP contribution in [0.15, 0.2) is 0 Å². The first kappa shape index (κ1) is 30.2. The Morgan fingerprint density at radius 3 is 1.10 bits per heavy atom. The molecule has 0 bridgehead atoms. The molecule has 0 spiro atoms. The maximum absolute atomic E-state index is 2.53. The third-order valence-corrected chi connectivity index (χ3v) is 11.2. The highest BCUT2D eigenvalue weighted by molar-refractivity contribution is 6.51. The van der Waals surface area contributed by atoms with Crippen molar-refractivity contribution < 1.29 is 4.15 Å². The Morgan fingerprint density at radius 1 is 0.500 bits per heavy atom. The van der Waals surface area contributed by atoms with Crippen LogP contribution in [-0.2, 0) is 0 Å². The number of unbranched alkanes of at least 4 members (excludes halogenated alkanes) is 15. The Hall–Kier alpha value is 0.177. The molecule has 0 rings (SSSR count). The predicted octanol–water partition coefficient (Wildman–Crippen LogP) is 9.63. The summed E-state index contributed by atoms with van der Waals surface area (Å²) in [5.41, 5.74) is 0. The second-order valence-corrected chi connectivity index (χ2v) is 14.6. The summed E-state index contributed by atoms with van der Waals surface area (Å²) in [5.74, 6) is 1.72. The van der Waals surface area contributed by atoms with Crippen LogP contribution in [0.4, 0.5) is 0 Å². The fourth-order valence-electron chi connectivity index (χ4n) is 4.73. The summed E-state index contributed by atoms with van der Waals surface area (Å²) in [4.78, 5) is 0. The van der Waals surface area contributed by atoms with Crippen LogP contribution in [0.2, 0.25) is 12.1 Å². The van der Waals surface area contributed by atoms with Gasteiger partial charge in [-0.15, -0.1) is 0 Å². The van der Waals surface area contributed by atoms with Crippen molar-refractivity contribution in [3.63, 3.8) is 0 Å². The minimum atomic E-state index is -0.302. The SMILES string of the molecule is CCCCCCCCCCCCCCCCCC[N+](C)(C)[Si](CC(C)C)CC(C)C. The summed E-state index contributed by atoms with van der Waals surface area (Å²) in [6.45, 7) is 13.4. The van der Waals surface area contributed by atoms with Crippen LogP contribution in [0.1, 0.15) is 137 Å². The monoisotopic (exact) mass is 439 g/mol. The van der Waals surface area contributed by atoms with Gasteiger partial charge in [0.1, 0.15) is 0 Å². The van der Waals surface area contributed by atoms with Gasteiger partial charge in [0.05, 0.1) is 20.6 Å². The summed E-state index contributed by atoms with van der Waals surface area (Å²) in [7, 11) is 4.76. The minimum absolute atomic E-state index is 0.302. The molecule has 0 aliphatic rings. The first-order chi connectivity index (χ1) is 14.3. The van der Waals surface area contributed by atoms with Crippen molar-refractivity contribution in [1.29, 1.82) is 0 Å². The van der Waals surface area contributed by atoms with Crippen molar-refractivity contribution in [3.8, 4) is 0 Å². The molecule has 1 radical (unpaired) electrons. The Kier molecular flexibility index (Phi) is 19.9. The summed E-state index contributed by atoms with van der Waals surface area (Å²) in [5, 5.41) is 0. The number of quaternary nitrogens is 1. The smallest absolute Gasteiger partial charge is 0.336 e. The lowest BCUT2D eigenvalue weighted by Gasteiger charge is -2.38. The van der Waals surface area contributed by atoms with Crippen molar-refractivity contribution in [2.45, 2.75) is 149 Å². The quantitative estimate of drug-likeness (QED) is 0.116. The lowest BCUT2D eigenvalue weighted by Crippen LogP contribution is -2.53. The van der Waals surface area contributed by atoms with E-state index in [0.717, 1.165) is 11.8 Å². The molecule has 0 aromatic carbocycles. The van der Waals surface area contributed by atoms with Gasteiger partial charge in [-0.25, -0.2) is 0 Å². The molecular formula is C28H61NSi+. The van der Waals surface area contributed by atoms with Crippen LogP contribution in [0, 0.1) is 11.8 Å². The molecule has 0 fully saturated rings. The lowest BCUT2D eigenvalue weighted by molar-refractivity contribution is -0.786. The lowest BCUT2D eigenvalue weighted by atomic mass is 10.0. The van der Waals surface area contributed by atoms with Crippen LogP contribution in [0.25, 0.3) is 0 Å². The molecule has 0 aromatic rings. The molecule has 0 atom stereocenters. The van der Waals surface area contributed by atoms with E-state index >= 15 is 0 Å². The van der Waals surface area contributed by atoms with E-state index < -0.39 is 0 Å². The van der Waals surface area contributed by atoms with Crippen LogP contribution in [0.5, 0.6) is 0 Å². The van der Waals surface area contributed by atoms with Gasteiger partial charge in [0, 0.05) is 0 Å². The average molecular weight is 440 g/mol. The maximum Gasteiger partial charge on any atom is 0.336 e. The first-order valence-electron chi connectivity index (χ1n) is 14.0. The molecule has 0 aromatic heterocycles. The van der Waals surface area contributed by atoms with E-state index in [1.54, 1.807) is 0 Å². The Labute approximate surface area is 195 Å². The summed E-state index contributed by atoms with van der Waals surface area (Å²) in [6, 6.07) is 2.96. The molecule has 0 unspecified atom stereocenters. The first-order valence-corrected chi connectivity index (χ1v) is 15.8. The van der Waals surface area contributed by atoms with E-state index in [9.17, 15) is 0 Å². The third-order valence-electron chi connectivity index (χ3n) is 6.71. The molecule has 0 N–H and O–H groups in total. The largest absolute Gasteiger partial charge is 0.386 e. The van der Waals surface area contributed by atoms with Crippen LogP contribution in [0.3, 0.4) is 0 Å². The number of hydrogen-bond acceptors (Lipinski definition) is 0. The second-order valence-electron chi connectivity index (χ2n) is 11.5. The van der Waals surface area contributed by atoms with Gasteiger partial charge in [-0.1, -0.05) is 125 Å². The van der Waals surface area contributed by atoms with Gasteiger partial charge < -0.3 is 4.15 Å². The zero-order valence-electron chi connectivity index (χ0n) is 22.5. The number of nitrogens with zero attached hydrogens (tertiary/aromatic N) is 1. The van der Waals surface area contributed by atoms with Gasteiger partial charge in [-0.3, -0.25) is 0 Å². The van der Waals surface area contributed by atoms with Crippen LogP contribution >= 0.6 is 0 Å². The molecule has 0 aliphatic carbocycles. The molecule has 0 amide bonds. The second kappa shape index (κ2) is 19.8. The Bertz CT molecular complexity index is 341. The molecule has 0 saturated heterocycles. The van der Waals surface area contributed by atoms with E-state index in [2.05, 4.69) is 48.7 Å². The maximum atomic E-state index is 2.53. The van der Waals surface area contributed by atoms with Crippen molar-refractivity contribution >= 4 is 8.96 Å². The molecule has 181 valence electrons. The highest BCUT2D eigenvalue weighted by atomic mass is 28.3. The number of hydrogen-bond donors (Lipinski definition) is 0. The molecular weight excluding hydrogens is 378 g/mol. The van der Waals surface area contributed by atoms with Crippen molar-refractivity contribution in [2.24, 2.45) is 11.8 Å². The fourth-order valence-corrected chi connectivity index (χ4v) is 8.25. The highest BCUT2D eigenvalue weighted by Gasteiger charge is 2.34. The normalized spacial score (nSPS) is 12.6. The van der Waals surface area contributed by atoms with Crippen LogP contribution < -0.4 is 0 Å². The third kappa shape index (κ3) is 18.9. The van der Waals surface area contributed by atoms with Crippen molar-refractivity contribution in [3.05, 3.63) is 0 Å². The topological polar surface area (TPSA) is 0 Å². The summed E-state index contributed by atoms with van der Waals surface area (Å²) >= 11 is 0. The zero-order chi connectivity index (χ0) is 22.7. The van der Waals surface area contributed by atoms with E-state index in [0.29, 0.717) is 0 Å². The Morgan fingerprint density at radius 2 is 0.800 bits per heavy atom. The average Bonchev–Trinajstić information content (AvgIpc) is 2.66. The van der Waals surface area contributed by atoms with Gasteiger partial charge in [0.15, 0.2) is 0 Å². The minimum Gasteiger partial charge on any atom is -0.386 e. The summed E-state index contributed by atoms with van der Waals surface area (Å²) in [6.07, 6.45) is 23.4. The van der Waals surface area contributed by atoms with E-state index in [4.69, 9.17) is 0 Å². The van der Waals surface area contributed by atoms with Crippen molar-refractivity contribution in [1.82, 2.24) is 0 Å². The zero-order valence-corrected chi connectivity index (χ0v) is 23.5. The van der Waals surface area contributed by atoms with Crippen LogP contribution in [-0.4, -0.2) is 33.7 Å². The summed E-state index contributed by atoms with van der Waals surface area (Å²) < 4.78 is 1.33. The molecule has 30 heavy (non-hydrogen) atoms. The fraction of sp³-hybridized carbons (Fsp3) is 1.00. The van der Waals surface area contributed by atoms with Gasteiger partial charge in [-0.2, -0.15) is 0 Å². The van der Waals surface area contributed by atoms with Gasteiger partial charge in [0.2, 0.25) is 0 Å². The van der Waals surface area contributed by atoms with E-state index in [1.807, 2.05) is 0 Å². The van der Waals surface area contributed by atoms with E-state index in [-0.39, 0.29) is 8.96 Å².